The van der Waals surface area contributed by atoms with Crippen LogP contribution in [-0.4, -0.2) is 31.3 Å². The molecular weight excluding hydrogens is 162 g/mol. The summed E-state index contributed by atoms with van der Waals surface area (Å²) in [6.45, 7) is 6.04. The van der Waals surface area contributed by atoms with Crippen LogP contribution in [-0.2, 0) is 4.79 Å². The van der Waals surface area contributed by atoms with E-state index >= 15 is 0 Å². The van der Waals surface area contributed by atoms with E-state index in [9.17, 15) is 4.79 Å². The van der Waals surface area contributed by atoms with Gasteiger partial charge in [-0.2, -0.15) is 0 Å². The molecule has 0 spiro atoms. The Hall–Kier alpha value is -0.370. The Bertz CT molecular complexity index is 173. The van der Waals surface area contributed by atoms with Crippen molar-refractivity contribution >= 4 is 6.29 Å². The number of hydrogen-bond donors (Lipinski definition) is 0. The molecule has 1 saturated carbocycles. The Morgan fingerprint density at radius 1 is 1.46 bits per heavy atom. The lowest BCUT2D eigenvalue weighted by molar-refractivity contribution is -0.115. The summed E-state index contributed by atoms with van der Waals surface area (Å²) < 4.78 is 0. The largest absolute Gasteiger partial charge is 0.305 e. The highest BCUT2D eigenvalue weighted by molar-refractivity contribution is 5.58. The SMILES string of the molecule is CN(CC1CCC1)CC(C)(C)C=O. The van der Waals surface area contributed by atoms with Crippen LogP contribution in [0.1, 0.15) is 33.1 Å². The molecule has 0 radical (unpaired) electrons. The fourth-order valence-corrected chi connectivity index (χ4v) is 1.91. The van der Waals surface area contributed by atoms with Crippen LogP contribution in [0.3, 0.4) is 0 Å². The maximum atomic E-state index is 10.7. The van der Waals surface area contributed by atoms with Gasteiger partial charge in [0, 0.05) is 18.5 Å². The van der Waals surface area contributed by atoms with Gasteiger partial charge in [-0.25, -0.2) is 0 Å². The third kappa shape index (κ3) is 3.47. The minimum absolute atomic E-state index is 0.182. The molecule has 0 aromatic rings. The summed E-state index contributed by atoms with van der Waals surface area (Å²) in [7, 11) is 2.11. The third-order valence-corrected chi connectivity index (χ3v) is 2.79. The zero-order valence-corrected chi connectivity index (χ0v) is 9.05. The molecule has 0 N–H and O–H groups in total. The lowest BCUT2D eigenvalue weighted by Gasteiger charge is -2.32. The highest BCUT2D eigenvalue weighted by atomic mass is 16.1. The van der Waals surface area contributed by atoms with Crippen LogP contribution in [0.25, 0.3) is 0 Å². The van der Waals surface area contributed by atoms with Gasteiger partial charge in [-0.3, -0.25) is 0 Å². The summed E-state index contributed by atoms with van der Waals surface area (Å²) in [5, 5.41) is 0. The fraction of sp³-hybridized carbons (Fsp3) is 0.909. The molecule has 13 heavy (non-hydrogen) atoms. The Kier molecular flexibility index (Phi) is 3.48. The second-order valence-electron chi connectivity index (χ2n) is 5.10. The predicted molar refractivity (Wildman–Crippen MR) is 54.7 cm³/mol. The molecule has 2 heteroatoms. The van der Waals surface area contributed by atoms with Crippen LogP contribution in [0.15, 0.2) is 0 Å². The molecule has 1 fully saturated rings. The van der Waals surface area contributed by atoms with Crippen LogP contribution >= 0.6 is 0 Å². The maximum Gasteiger partial charge on any atom is 0.126 e. The summed E-state index contributed by atoms with van der Waals surface area (Å²) in [6, 6.07) is 0. The zero-order valence-electron chi connectivity index (χ0n) is 9.05. The number of carbonyl (C=O) groups excluding carboxylic acids is 1. The average molecular weight is 183 g/mol. The minimum atomic E-state index is -0.182. The molecule has 1 aliphatic rings. The number of aldehydes is 1. The van der Waals surface area contributed by atoms with Crippen molar-refractivity contribution in [2.75, 3.05) is 20.1 Å². The molecule has 0 aromatic carbocycles. The van der Waals surface area contributed by atoms with E-state index in [0.29, 0.717) is 0 Å². The van der Waals surface area contributed by atoms with E-state index in [1.54, 1.807) is 0 Å². The van der Waals surface area contributed by atoms with Crippen LogP contribution in [0.2, 0.25) is 0 Å². The van der Waals surface area contributed by atoms with Crippen LogP contribution in [0.5, 0.6) is 0 Å². The summed E-state index contributed by atoms with van der Waals surface area (Å²) in [5.74, 6) is 0.896. The number of rotatable bonds is 5. The molecule has 1 aliphatic carbocycles. The van der Waals surface area contributed by atoms with E-state index in [1.807, 2.05) is 13.8 Å². The van der Waals surface area contributed by atoms with E-state index < -0.39 is 0 Å². The van der Waals surface area contributed by atoms with E-state index in [0.717, 1.165) is 25.3 Å². The number of nitrogens with zero attached hydrogens (tertiary/aromatic N) is 1. The Morgan fingerprint density at radius 3 is 2.46 bits per heavy atom. The van der Waals surface area contributed by atoms with E-state index in [-0.39, 0.29) is 5.41 Å². The average Bonchev–Trinajstić information content (AvgIpc) is 1.96. The zero-order chi connectivity index (χ0) is 9.90. The van der Waals surface area contributed by atoms with Crippen molar-refractivity contribution in [3.05, 3.63) is 0 Å². The van der Waals surface area contributed by atoms with Gasteiger partial charge in [0.2, 0.25) is 0 Å². The lowest BCUT2D eigenvalue weighted by atomic mass is 9.84. The first-order valence-corrected chi connectivity index (χ1v) is 5.18. The summed E-state index contributed by atoms with van der Waals surface area (Å²) in [5.41, 5.74) is -0.182. The van der Waals surface area contributed by atoms with Gasteiger partial charge in [0.1, 0.15) is 6.29 Å². The quantitative estimate of drug-likeness (QED) is 0.607. The molecule has 0 aliphatic heterocycles. The second-order valence-corrected chi connectivity index (χ2v) is 5.10. The summed E-state index contributed by atoms with van der Waals surface area (Å²) in [4.78, 5) is 13.0. The van der Waals surface area contributed by atoms with Gasteiger partial charge in [0.15, 0.2) is 0 Å². The molecule has 0 atom stereocenters. The van der Waals surface area contributed by atoms with E-state index in [1.165, 1.54) is 19.3 Å². The number of carbonyl (C=O) groups is 1. The standard InChI is InChI=1S/C11H21NO/c1-11(2,9-13)8-12(3)7-10-5-4-6-10/h9-10H,4-8H2,1-3H3. The topological polar surface area (TPSA) is 20.3 Å². The van der Waals surface area contributed by atoms with Crippen LogP contribution < -0.4 is 0 Å². The van der Waals surface area contributed by atoms with Crippen LogP contribution in [0, 0.1) is 11.3 Å². The fourth-order valence-electron chi connectivity index (χ4n) is 1.91. The Labute approximate surface area is 81.3 Å². The maximum absolute atomic E-state index is 10.7. The summed E-state index contributed by atoms with van der Waals surface area (Å²) >= 11 is 0. The molecule has 1 rings (SSSR count). The molecule has 0 amide bonds. The van der Waals surface area contributed by atoms with Crippen molar-refractivity contribution in [1.29, 1.82) is 0 Å². The van der Waals surface area contributed by atoms with Gasteiger partial charge >= 0.3 is 0 Å². The Morgan fingerprint density at radius 2 is 2.08 bits per heavy atom. The second kappa shape index (κ2) is 4.23. The predicted octanol–water partition coefficient (Wildman–Crippen LogP) is 1.94. The van der Waals surface area contributed by atoms with Crippen molar-refractivity contribution in [2.45, 2.75) is 33.1 Å². The highest BCUT2D eigenvalue weighted by Gasteiger charge is 2.23. The van der Waals surface area contributed by atoms with Crippen molar-refractivity contribution in [1.82, 2.24) is 4.90 Å². The molecule has 0 heterocycles. The molecule has 0 bridgehead atoms. The van der Waals surface area contributed by atoms with E-state index in [2.05, 4.69) is 11.9 Å². The van der Waals surface area contributed by atoms with Crippen molar-refractivity contribution in [3.63, 3.8) is 0 Å². The molecule has 76 valence electrons. The highest BCUT2D eigenvalue weighted by Crippen LogP contribution is 2.27. The molecule has 0 aromatic heterocycles. The molecule has 0 saturated heterocycles. The van der Waals surface area contributed by atoms with E-state index in [4.69, 9.17) is 0 Å². The molecular formula is C11H21NO. The third-order valence-electron chi connectivity index (χ3n) is 2.79. The monoisotopic (exact) mass is 183 g/mol. The number of hydrogen-bond acceptors (Lipinski definition) is 2. The van der Waals surface area contributed by atoms with Gasteiger partial charge in [0.05, 0.1) is 0 Å². The normalized spacial score (nSPS) is 18.8. The van der Waals surface area contributed by atoms with Crippen molar-refractivity contribution in [3.8, 4) is 0 Å². The van der Waals surface area contributed by atoms with Gasteiger partial charge in [-0.15, -0.1) is 0 Å². The smallest absolute Gasteiger partial charge is 0.126 e. The van der Waals surface area contributed by atoms with Gasteiger partial charge < -0.3 is 9.69 Å². The Balaban J connectivity index is 2.22. The first-order valence-electron chi connectivity index (χ1n) is 5.18. The minimum Gasteiger partial charge on any atom is -0.305 e. The first kappa shape index (κ1) is 10.7. The lowest BCUT2D eigenvalue weighted by Crippen LogP contribution is -2.37. The van der Waals surface area contributed by atoms with Crippen molar-refractivity contribution < 1.29 is 4.79 Å². The van der Waals surface area contributed by atoms with Gasteiger partial charge in [-0.1, -0.05) is 20.3 Å². The van der Waals surface area contributed by atoms with Crippen LogP contribution in [0.4, 0.5) is 0 Å². The molecule has 0 unspecified atom stereocenters. The summed E-state index contributed by atoms with van der Waals surface area (Å²) in [6.07, 6.45) is 5.22. The molecule has 2 nitrogen and oxygen atoms in total. The van der Waals surface area contributed by atoms with Gasteiger partial charge in [-0.05, 0) is 25.8 Å². The van der Waals surface area contributed by atoms with Crippen molar-refractivity contribution in [2.24, 2.45) is 11.3 Å². The van der Waals surface area contributed by atoms with Gasteiger partial charge in [0.25, 0.3) is 0 Å². The first-order chi connectivity index (χ1) is 6.03.